The van der Waals surface area contributed by atoms with Crippen LogP contribution >= 0.6 is 0 Å². The highest BCUT2D eigenvalue weighted by atomic mass is 15.2. The number of hydrogen-bond donors (Lipinski definition) is 0. The molecule has 0 bridgehead atoms. The third kappa shape index (κ3) is 5.53. The summed E-state index contributed by atoms with van der Waals surface area (Å²) in [6, 6.07) is 72.9. The molecule has 0 atom stereocenters. The van der Waals surface area contributed by atoms with Gasteiger partial charge >= 0.3 is 0 Å². The zero-order valence-corrected chi connectivity index (χ0v) is 36.4. The Kier molecular flexibility index (Phi) is 8.64. The molecule has 3 nitrogen and oxygen atoms in total. The van der Waals surface area contributed by atoms with Crippen LogP contribution in [0.3, 0.4) is 0 Å². The number of fused-ring (bicyclic) bond motifs is 13. The Morgan fingerprint density at radius 3 is 1.73 bits per heavy atom. The molecule has 12 aromatic rings. The standard InChI is InChI=1S/C59H39N3.C2H6/c1-59(2)51-27-11-9-20-45(51)46-34-33-39(35-52(46)59)42-25-14-26-50-54-47-21-7-5-18-43(47)44-19-6-8-22-48(44)57(54)62(56(42)50)58-60-53-28-12-10-23-49(53)55(61-58)38-31-29-37(30-32-38)41-24-13-16-36-15-3-4-17-40(36)41;1-2/h3-35H,1-2H3;1-2H3. The van der Waals surface area contributed by atoms with E-state index in [9.17, 15) is 0 Å². The molecule has 64 heavy (non-hydrogen) atoms. The SMILES string of the molecule is CC.CC1(C)c2ccccc2-c2ccc(-c3cccc4c5c6ccccc6c6ccccc6c5n(-c5nc(-c6ccc(-c7cccc8ccccc78)cc6)c6ccccc6n5)c34)cc21. The molecule has 0 spiro atoms. The van der Waals surface area contributed by atoms with Crippen molar-refractivity contribution in [3.63, 3.8) is 0 Å². The Hall–Kier alpha value is -7.88. The number of aromatic nitrogens is 3. The van der Waals surface area contributed by atoms with Crippen molar-refractivity contribution in [1.29, 1.82) is 0 Å². The molecule has 10 aromatic carbocycles. The molecule has 0 saturated heterocycles. The first-order valence-corrected chi connectivity index (χ1v) is 22.5. The lowest BCUT2D eigenvalue weighted by Crippen LogP contribution is -2.14. The quantitative estimate of drug-likeness (QED) is 0.166. The van der Waals surface area contributed by atoms with Crippen LogP contribution in [0.5, 0.6) is 0 Å². The smallest absolute Gasteiger partial charge is 0.235 e. The summed E-state index contributed by atoms with van der Waals surface area (Å²) in [5.41, 5.74) is 15.0. The third-order valence-electron chi connectivity index (χ3n) is 13.6. The first kappa shape index (κ1) is 37.8. The minimum Gasteiger partial charge on any atom is -0.277 e. The minimum absolute atomic E-state index is 0.130. The van der Waals surface area contributed by atoms with E-state index in [1.165, 1.54) is 82.0 Å². The number of para-hydroxylation sites is 2. The van der Waals surface area contributed by atoms with E-state index in [1.807, 2.05) is 13.8 Å². The second-order valence-electron chi connectivity index (χ2n) is 17.3. The highest BCUT2D eigenvalue weighted by Crippen LogP contribution is 2.51. The van der Waals surface area contributed by atoms with E-state index in [-0.39, 0.29) is 5.41 Å². The van der Waals surface area contributed by atoms with E-state index in [1.54, 1.807) is 0 Å². The molecule has 2 aromatic heterocycles. The number of hydrogen-bond acceptors (Lipinski definition) is 2. The fraction of sp³-hybridized carbons (Fsp3) is 0.0820. The predicted molar refractivity (Wildman–Crippen MR) is 272 cm³/mol. The van der Waals surface area contributed by atoms with Gasteiger partial charge in [0.25, 0.3) is 0 Å². The molecule has 0 N–H and O–H groups in total. The zero-order chi connectivity index (χ0) is 43.1. The largest absolute Gasteiger partial charge is 0.277 e. The lowest BCUT2D eigenvalue weighted by atomic mass is 9.81. The van der Waals surface area contributed by atoms with Crippen LogP contribution in [0.2, 0.25) is 0 Å². The molecule has 0 saturated carbocycles. The second-order valence-corrected chi connectivity index (χ2v) is 17.3. The van der Waals surface area contributed by atoms with Gasteiger partial charge < -0.3 is 0 Å². The van der Waals surface area contributed by atoms with Crippen molar-refractivity contribution in [3.8, 4) is 50.6 Å². The third-order valence-corrected chi connectivity index (χ3v) is 13.6. The molecule has 1 aliphatic carbocycles. The van der Waals surface area contributed by atoms with Gasteiger partial charge in [0.05, 0.1) is 22.2 Å². The summed E-state index contributed by atoms with van der Waals surface area (Å²) >= 11 is 0. The Bertz CT molecular complexity index is 3830. The summed E-state index contributed by atoms with van der Waals surface area (Å²) in [5, 5.41) is 10.7. The summed E-state index contributed by atoms with van der Waals surface area (Å²) < 4.78 is 2.38. The molecule has 0 fully saturated rings. The molecule has 1 aliphatic rings. The maximum Gasteiger partial charge on any atom is 0.235 e. The van der Waals surface area contributed by atoms with E-state index >= 15 is 0 Å². The predicted octanol–water partition coefficient (Wildman–Crippen LogP) is 16.5. The average molecular weight is 820 g/mol. The van der Waals surface area contributed by atoms with Crippen LogP contribution in [-0.4, -0.2) is 14.5 Å². The van der Waals surface area contributed by atoms with Crippen molar-refractivity contribution in [3.05, 3.63) is 211 Å². The topological polar surface area (TPSA) is 30.7 Å². The first-order chi connectivity index (χ1) is 31.5. The molecule has 0 amide bonds. The van der Waals surface area contributed by atoms with Crippen molar-refractivity contribution in [2.45, 2.75) is 33.1 Å². The summed E-state index contributed by atoms with van der Waals surface area (Å²) in [7, 11) is 0. The summed E-state index contributed by atoms with van der Waals surface area (Å²) in [6.45, 7) is 8.71. The lowest BCUT2D eigenvalue weighted by molar-refractivity contribution is 0.660. The van der Waals surface area contributed by atoms with Crippen LogP contribution in [0.15, 0.2) is 200 Å². The summed E-state index contributed by atoms with van der Waals surface area (Å²) in [4.78, 5) is 11.1. The van der Waals surface area contributed by atoms with Gasteiger partial charge in [-0.05, 0) is 78.0 Å². The van der Waals surface area contributed by atoms with E-state index < -0.39 is 0 Å². The molecule has 0 radical (unpaired) electrons. The Morgan fingerprint density at radius 2 is 0.922 bits per heavy atom. The fourth-order valence-corrected chi connectivity index (χ4v) is 10.7. The van der Waals surface area contributed by atoms with Crippen molar-refractivity contribution >= 4 is 65.0 Å². The Balaban J connectivity index is 0.00000214. The van der Waals surface area contributed by atoms with Crippen LogP contribution < -0.4 is 0 Å². The van der Waals surface area contributed by atoms with Crippen LogP contribution in [-0.2, 0) is 5.41 Å². The average Bonchev–Trinajstić information content (AvgIpc) is 3.83. The fourth-order valence-electron chi connectivity index (χ4n) is 10.7. The van der Waals surface area contributed by atoms with Gasteiger partial charge in [-0.3, -0.25) is 4.57 Å². The number of benzene rings is 10. The highest BCUT2D eigenvalue weighted by molar-refractivity contribution is 6.33. The van der Waals surface area contributed by atoms with Crippen molar-refractivity contribution in [2.75, 3.05) is 0 Å². The first-order valence-electron chi connectivity index (χ1n) is 22.5. The molecule has 13 rings (SSSR count). The lowest BCUT2D eigenvalue weighted by Gasteiger charge is -2.22. The molecule has 0 aliphatic heterocycles. The molecule has 2 heterocycles. The van der Waals surface area contributed by atoms with E-state index in [0.29, 0.717) is 5.95 Å². The van der Waals surface area contributed by atoms with Crippen LogP contribution in [0.4, 0.5) is 0 Å². The van der Waals surface area contributed by atoms with Crippen molar-refractivity contribution in [1.82, 2.24) is 14.5 Å². The second kappa shape index (κ2) is 14.6. The molecular weight excluding hydrogens is 775 g/mol. The van der Waals surface area contributed by atoms with Crippen LogP contribution in [0.25, 0.3) is 116 Å². The molecule has 0 unspecified atom stereocenters. The maximum atomic E-state index is 5.65. The van der Waals surface area contributed by atoms with Gasteiger partial charge in [0.15, 0.2) is 0 Å². The molecular formula is C61H45N3. The van der Waals surface area contributed by atoms with Crippen LogP contribution in [0, 0.1) is 0 Å². The normalized spacial score (nSPS) is 12.8. The summed E-state index contributed by atoms with van der Waals surface area (Å²) in [5.74, 6) is 0.651. The Morgan fingerprint density at radius 1 is 0.375 bits per heavy atom. The van der Waals surface area contributed by atoms with Crippen molar-refractivity contribution in [2.24, 2.45) is 0 Å². The van der Waals surface area contributed by atoms with Gasteiger partial charge in [0.2, 0.25) is 5.95 Å². The van der Waals surface area contributed by atoms with E-state index in [0.717, 1.165) is 38.8 Å². The number of nitrogens with zero attached hydrogens (tertiary/aromatic N) is 3. The zero-order valence-electron chi connectivity index (χ0n) is 36.4. The maximum absolute atomic E-state index is 5.65. The van der Waals surface area contributed by atoms with Gasteiger partial charge in [-0.15, -0.1) is 0 Å². The molecule has 304 valence electrons. The van der Waals surface area contributed by atoms with Gasteiger partial charge in [0.1, 0.15) is 0 Å². The summed E-state index contributed by atoms with van der Waals surface area (Å²) in [6.07, 6.45) is 0. The number of rotatable bonds is 4. The van der Waals surface area contributed by atoms with Gasteiger partial charge in [0, 0.05) is 38.1 Å². The van der Waals surface area contributed by atoms with E-state index in [2.05, 4.69) is 219 Å². The van der Waals surface area contributed by atoms with E-state index in [4.69, 9.17) is 9.97 Å². The minimum atomic E-state index is -0.130. The Labute approximate surface area is 372 Å². The van der Waals surface area contributed by atoms with Crippen LogP contribution in [0.1, 0.15) is 38.8 Å². The van der Waals surface area contributed by atoms with Gasteiger partial charge in [-0.2, -0.15) is 0 Å². The van der Waals surface area contributed by atoms with Gasteiger partial charge in [-0.1, -0.05) is 216 Å². The van der Waals surface area contributed by atoms with Gasteiger partial charge in [-0.25, -0.2) is 9.97 Å². The van der Waals surface area contributed by atoms with Crippen molar-refractivity contribution < 1.29 is 0 Å². The molecule has 3 heteroatoms. The highest BCUT2D eigenvalue weighted by Gasteiger charge is 2.35. The monoisotopic (exact) mass is 819 g/mol.